The quantitative estimate of drug-likeness (QED) is 0.544. The lowest BCUT2D eigenvalue weighted by Crippen LogP contribution is -2.47. The zero-order valence-electron chi connectivity index (χ0n) is 13.8. The fraction of sp³-hybridized carbons (Fsp3) is 0.222. The van der Waals surface area contributed by atoms with Crippen molar-refractivity contribution < 1.29 is 23.6 Å². The SMILES string of the molecule is NC(=O)C(CCC=O)N1C(=O)c2ccc(NCc3ccco3)cc2C1=O. The molecule has 134 valence electrons. The molecule has 3 N–H and O–H groups in total. The van der Waals surface area contributed by atoms with Crippen molar-refractivity contribution in [1.29, 1.82) is 0 Å². The third-order valence-electron chi connectivity index (χ3n) is 4.16. The van der Waals surface area contributed by atoms with Crippen LogP contribution in [0.3, 0.4) is 0 Å². The van der Waals surface area contributed by atoms with Crippen molar-refractivity contribution in [3.8, 4) is 0 Å². The highest BCUT2D eigenvalue weighted by Crippen LogP contribution is 2.28. The second-order valence-electron chi connectivity index (χ2n) is 5.84. The molecule has 0 fully saturated rings. The zero-order chi connectivity index (χ0) is 18.7. The molecule has 1 aliphatic rings. The lowest BCUT2D eigenvalue weighted by molar-refractivity contribution is -0.122. The maximum atomic E-state index is 12.7. The predicted octanol–water partition coefficient (Wildman–Crippen LogP) is 1.32. The van der Waals surface area contributed by atoms with E-state index >= 15 is 0 Å². The summed E-state index contributed by atoms with van der Waals surface area (Å²) in [4.78, 5) is 48.3. The van der Waals surface area contributed by atoms with E-state index in [2.05, 4.69) is 5.32 Å². The Morgan fingerprint density at radius 2 is 2.00 bits per heavy atom. The van der Waals surface area contributed by atoms with Gasteiger partial charge in [-0.05, 0) is 36.8 Å². The Labute approximate surface area is 148 Å². The van der Waals surface area contributed by atoms with Crippen molar-refractivity contribution in [2.24, 2.45) is 5.73 Å². The molecule has 3 rings (SSSR count). The van der Waals surface area contributed by atoms with Gasteiger partial charge in [0.1, 0.15) is 18.1 Å². The maximum Gasteiger partial charge on any atom is 0.262 e. The first kappa shape index (κ1) is 17.4. The molecule has 1 aromatic heterocycles. The highest BCUT2D eigenvalue weighted by Gasteiger charge is 2.42. The number of amides is 3. The van der Waals surface area contributed by atoms with E-state index in [1.165, 1.54) is 6.07 Å². The van der Waals surface area contributed by atoms with Gasteiger partial charge < -0.3 is 20.3 Å². The first-order valence-corrected chi connectivity index (χ1v) is 8.04. The number of hydrogen-bond acceptors (Lipinski definition) is 6. The highest BCUT2D eigenvalue weighted by molar-refractivity contribution is 6.23. The van der Waals surface area contributed by atoms with E-state index in [0.717, 1.165) is 10.7 Å². The van der Waals surface area contributed by atoms with Crippen LogP contribution in [0, 0.1) is 0 Å². The largest absolute Gasteiger partial charge is 0.467 e. The molecule has 1 unspecified atom stereocenters. The molecule has 0 spiro atoms. The molecule has 0 bridgehead atoms. The number of carbonyl (C=O) groups is 4. The molecule has 2 heterocycles. The molecular weight excluding hydrogens is 338 g/mol. The summed E-state index contributed by atoms with van der Waals surface area (Å²) in [6.07, 6.45) is 2.21. The molecule has 0 saturated carbocycles. The van der Waals surface area contributed by atoms with Crippen molar-refractivity contribution in [3.63, 3.8) is 0 Å². The number of fused-ring (bicyclic) bond motifs is 1. The molecule has 0 saturated heterocycles. The third-order valence-corrected chi connectivity index (χ3v) is 4.16. The second-order valence-corrected chi connectivity index (χ2v) is 5.84. The summed E-state index contributed by atoms with van der Waals surface area (Å²) in [5, 5.41) is 3.10. The van der Waals surface area contributed by atoms with E-state index in [9.17, 15) is 19.2 Å². The van der Waals surface area contributed by atoms with E-state index < -0.39 is 23.8 Å². The number of nitrogens with two attached hydrogens (primary N) is 1. The second kappa shape index (κ2) is 7.22. The average molecular weight is 355 g/mol. The molecule has 1 aromatic carbocycles. The van der Waals surface area contributed by atoms with Crippen LogP contribution in [0.4, 0.5) is 5.69 Å². The maximum absolute atomic E-state index is 12.7. The minimum Gasteiger partial charge on any atom is -0.467 e. The van der Waals surface area contributed by atoms with Crippen LogP contribution in [-0.2, 0) is 16.1 Å². The number of nitrogens with one attached hydrogen (secondary N) is 1. The number of imide groups is 1. The minimum absolute atomic E-state index is 0.00784. The summed E-state index contributed by atoms with van der Waals surface area (Å²) >= 11 is 0. The highest BCUT2D eigenvalue weighted by atomic mass is 16.3. The summed E-state index contributed by atoms with van der Waals surface area (Å²) in [5.74, 6) is -1.28. The molecule has 0 aliphatic carbocycles. The summed E-state index contributed by atoms with van der Waals surface area (Å²) in [7, 11) is 0. The van der Waals surface area contributed by atoms with Gasteiger partial charge in [0.25, 0.3) is 11.8 Å². The number of benzene rings is 1. The lowest BCUT2D eigenvalue weighted by atomic mass is 10.1. The molecule has 2 aromatic rings. The number of hydrogen-bond donors (Lipinski definition) is 2. The van der Waals surface area contributed by atoms with Gasteiger partial charge in [-0.15, -0.1) is 0 Å². The van der Waals surface area contributed by atoms with Crippen LogP contribution >= 0.6 is 0 Å². The van der Waals surface area contributed by atoms with Gasteiger partial charge in [-0.2, -0.15) is 0 Å². The van der Waals surface area contributed by atoms with Gasteiger partial charge in [-0.25, -0.2) is 0 Å². The van der Waals surface area contributed by atoms with Crippen LogP contribution < -0.4 is 11.1 Å². The number of rotatable bonds is 8. The molecule has 8 nitrogen and oxygen atoms in total. The van der Waals surface area contributed by atoms with Gasteiger partial charge in [-0.3, -0.25) is 19.3 Å². The summed E-state index contributed by atoms with van der Waals surface area (Å²) in [5.41, 5.74) is 6.35. The number of anilines is 1. The van der Waals surface area contributed by atoms with Crippen LogP contribution in [0.2, 0.25) is 0 Å². The van der Waals surface area contributed by atoms with Gasteiger partial charge in [0.2, 0.25) is 5.91 Å². The number of primary amides is 1. The Morgan fingerprint density at radius 3 is 2.65 bits per heavy atom. The van der Waals surface area contributed by atoms with E-state index in [1.54, 1.807) is 30.5 Å². The van der Waals surface area contributed by atoms with E-state index in [-0.39, 0.29) is 24.0 Å². The summed E-state index contributed by atoms with van der Waals surface area (Å²) in [6.45, 7) is 0.418. The first-order chi connectivity index (χ1) is 12.5. The Hall–Kier alpha value is -3.42. The van der Waals surface area contributed by atoms with Crippen molar-refractivity contribution in [3.05, 3.63) is 53.5 Å². The first-order valence-electron chi connectivity index (χ1n) is 8.04. The standard InChI is InChI=1S/C18H17N3O5/c19-16(23)15(4-1-7-22)21-17(24)13-6-5-11(9-14(13)18(21)25)20-10-12-3-2-8-26-12/h2-3,5-9,15,20H,1,4,10H2,(H2,19,23). The fourth-order valence-corrected chi connectivity index (χ4v) is 2.88. The zero-order valence-corrected chi connectivity index (χ0v) is 13.8. The van der Waals surface area contributed by atoms with Crippen LogP contribution in [-0.4, -0.2) is 34.9 Å². The topological polar surface area (TPSA) is 123 Å². The van der Waals surface area contributed by atoms with Crippen LogP contribution in [0.5, 0.6) is 0 Å². The van der Waals surface area contributed by atoms with E-state index in [4.69, 9.17) is 10.2 Å². The van der Waals surface area contributed by atoms with Crippen LogP contribution in [0.15, 0.2) is 41.0 Å². The average Bonchev–Trinajstić information content (AvgIpc) is 3.22. The Kier molecular flexibility index (Phi) is 4.83. The number of nitrogens with zero attached hydrogens (tertiary/aromatic N) is 1. The third kappa shape index (κ3) is 3.21. The monoisotopic (exact) mass is 355 g/mol. The molecular formula is C18H17N3O5. The van der Waals surface area contributed by atoms with Crippen LogP contribution in [0.25, 0.3) is 0 Å². The van der Waals surface area contributed by atoms with Crippen molar-refractivity contribution in [2.45, 2.75) is 25.4 Å². The molecule has 3 amide bonds. The van der Waals surface area contributed by atoms with Gasteiger partial charge in [0.05, 0.1) is 23.9 Å². The summed E-state index contributed by atoms with van der Waals surface area (Å²) < 4.78 is 5.23. The molecule has 1 aliphatic heterocycles. The Morgan fingerprint density at radius 1 is 1.23 bits per heavy atom. The van der Waals surface area contributed by atoms with Crippen LogP contribution in [0.1, 0.15) is 39.3 Å². The van der Waals surface area contributed by atoms with E-state index in [1.807, 2.05) is 0 Å². The Balaban J connectivity index is 1.82. The lowest BCUT2D eigenvalue weighted by Gasteiger charge is -2.22. The number of aldehydes is 1. The van der Waals surface area contributed by atoms with E-state index in [0.29, 0.717) is 18.5 Å². The normalized spacial score (nSPS) is 14.2. The number of carbonyl (C=O) groups excluding carboxylic acids is 4. The summed E-state index contributed by atoms with van der Waals surface area (Å²) in [6, 6.07) is 7.17. The van der Waals surface area contributed by atoms with Crippen molar-refractivity contribution in [1.82, 2.24) is 4.90 Å². The van der Waals surface area contributed by atoms with Gasteiger partial charge in [0.15, 0.2) is 0 Å². The van der Waals surface area contributed by atoms with Gasteiger partial charge >= 0.3 is 0 Å². The van der Waals surface area contributed by atoms with Crippen molar-refractivity contribution in [2.75, 3.05) is 5.32 Å². The number of furan rings is 1. The molecule has 8 heteroatoms. The van der Waals surface area contributed by atoms with Gasteiger partial charge in [-0.1, -0.05) is 0 Å². The predicted molar refractivity (Wildman–Crippen MR) is 91.3 cm³/mol. The van der Waals surface area contributed by atoms with Crippen molar-refractivity contribution >= 4 is 29.7 Å². The molecule has 0 radical (unpaired) electrons. The molecule has 1 atom stereocenters. The molecule has 26 heavy (non-hydrogen) atoms. The smallest absolute Gasteiger partial charge is 0.262 e. The fourth-order valence-electron chi connectivity index (χ4n) is 2.88. The van der Waals surface area contributed by atoms with Gasteiger partial charge in [0, 0.05) is 12.1 Å². The Bertz CT molecular complexity index is 860. The minimum atomic E-state index is -1.15.